The van der Waals surface area contributed by atoms with Gasteiger partial charge in [-0.1, -0.05) is 110 Å². The van der Waals surface area contributed by atoms with Crippen LogP contribution in [0.3, 0.4) is 0 Å². The van der Waals surface area contributed by atoms with Gasteiger partial charge in [-0.25, -0.2) is 4.79 Å². The van der Waals surface area contributed by atoms with Crippen molar-refractivity contribution >= 4 is 5.97 Å². The van der Waals surface area contributed by atoms with Crippen LogP contribution in [0.15, 0.2) is 12.7 Å². The van der Waals surface area contributed by atoms with Crippen molar-refractivity contribution in [1.29, 1.82) is 0 Å². The molecule has 0 spiro atoms. The Balaban J connectivity index is 3.16. The first-order valence-electron chi connectivity index (χ1n) is 10.5. The van der Waals surface area contributed by atoms with Crippen LogP contribution in [0.5, 0.6) is 0 Å². The molecule has 0 amide bonds. The maximum Gasteiger partial charge on any atom is 0.330 e. The molecule has 0 aromatic carbocycles. The Morgan fingerprint density at radius 2 is 1.29 bits per heavy atom. The van der Waals surface area contributed by atoms with Gasteiger partial charge < -0.3 is 4.74 Å². The van der Waals surface area contributed by atoms with E-state index in [9.17, 15) is 4.79 Å². The summed E-state index contributed by atoms with van der Waals surface area (Å²) in [5.74, 6) is 0.346. The Kier molecular flexibility index (Phi) is 17.9. The molecular weight excluding hydrogens is 296 g/mol. The van der Waals surface area contributed by atoms with Crippen LogP contribution in [-0.4, -0.2) is 12.6 Å². The van der Waals surface area contributed by atoms with Gasteiger partial charge in [0, 0.05) is 6.08 Å². The fourth-order valence-corrected chi connectivity index (χ4v) is 3.07. The third-order valence-corrected chi connectivity index (χ3v) is 4.82. The van der Waals surface area contributed by atoms with Gasteiger partial charge in [0.1, 0.15) is 0 Å². The Labute approximate surface area is 151 Å². The first-order chi connectivity index (χ1) is 11.7. The summed E-state index contributed by atoms with van der Waals surface area (Å²) in [7, 11) is 0. The minimum Gasteiger partial charge on any atom is -0.463 e. The number of ether oxygens (including phenoxy) is 1. The van der Waals surface area contributed by atoms with Gasteiger partial charge in [0.2, 0.25) is 0 Å². The van der Waals surface area contributed by atoms with E-state index in [0.717, 1.165) is 6.42 Å². The maximum atomic E-state index is 10.9. The van der Waals surface area contributed by atoms with Crippen LogP contribution in [0, 0.1) is 5.92 Å². The molecule has 0 bridgehead atoms. The highest BCUT2D eigenvalue weighted by Crippen LogP contribution is 2.16. The molecule has 1 unspecified atom stereocenters. The van der Waals surface area contributed by atoms with Crippen molar-refractivity contribution in [3.8, 4) is 0 Å². The largest absolute Gasteiger partial charge is 0.463 e. The number of hydrogen-bond acceptors (Lipinski definition) is 2. The lowest BCUT2D eigenvalue weighted by molar-refractivity contribution is -0.138. The summed E-state index contributed by atoms with van der Waals surface area (Å²) in [6.45, 7) is 8.46. The van der Waals surface area contributed by atoms with Crippen LogP contribution in [-0.2, 0) is 9.53 Å². The molecule has 0 rings (SSSR count). The fourth-order valence-electron chi connectivity index (χ4n) is 3.07. The number of unbranched alkanes of at least 4 members (excludes halogenated alkanes) is 12. The molecule has 0 aromatic heterocycles. The van der Waals surface area contributed by atoms with Crippen molar-refractivity contribution in [2.45, 2.75) is 110 Å². The molecule has 0 aliphatic heterocycles. The molecular formula is C22H42O2. The molecule has 0 aromatic rings. The van der Waals surface area contributed by atoms with Gasteiger partial charge in [-0.2, -0.15) is 0 Å². The third-order valence-electron chi connectivity index (χ3n) is 4.82. The van der Waals surface area contributed by atoms with Crippen molar-refractivity contribution in [1.82, 2.24) is 0 Å². The summed E-state index contributed by atoms with van der Waals surface area (Å²) in [6, 6.07) is 0. The van der Waals surface area contributed by atoms with Crippen LogP contribution < -0.4 is 0 Å². The Morgan fingerprint density at radius 1 is 0.833 bits per heavy atom. The summed E-state index contributed by atoms with van der Waals surface area (Å²) >= 11 is 0. The predicted octanol–water partition coefficient (Wildman–Crippen LogP) is 7.22. The zero-order valence-electron chi connectivity index (χ0n) is 16.5. The van der Waals surface area contributed by atoms with Crippen LogP contribution in [0.4, 0.5) is 0 Å². The van der Waals surface area contributed by atoms with E-state index in [1.807, 2.05) is 0 Å². The molecule has 0 aliphatic rings. The van der Waals surface area contributed by atoms with Crippen molar-refractivity contribution in [2.75, 3.05) is 6.61 Å². The SMILES string of the molecule is C=CC(=O)OCCC(C)CCCCCCCCCCCCCCC. The van der Waals surface area contributed by atoms with E-state index in [1.165, 1.54) is 96.0 Å². The number of carbonyl (C=O) groups is 1. The molecule has 1 atom stereocenters. The van der Waals surface area contributed by atoms with Crippen molar-refractivity contribution in [3.63, 3.8) is 0 Å². The Bertz CT molecular complexity index is 286. The molecule has 0 saturated heterocycles. The summed E-state index contributed by atoms with van der Waals surface area (Å²) in [5.41, 5.74) is 0. The van der Waals surface area contributed by atoms with E-state index >= 15 is 0 Å². The average molecular weight is 339 g/mol. The highest BCUT2D eigenvalue weighted by molar-refractivity contribution is 5.81. The normalized spacial score (nSPS) is 12.1. The minimum absolute atomic E-state index is 0.303. The first kappa shape index (κ1) is 23.2. The quantitative estimate of drug-likeness (QED) is 0.150. The first-order valence-corrected chi connectivity index (χ1v) is 10.5. The minimum atomic E-state index is -0.303. The second-order valence-electron chi connectivity index (χ2n) is 7.30. The lowest BCUT2D eigenvalue weighted by atomic mass is 9.99. The zero-order valence-corrected chi connectivity index (χ0v) is 16.5. The lowest BCUT2D eigenvalue weighted by Gasteiger charge is -2.11. The maximum absolute atomic E-state index is 10.9. The van der Waals surface area contributed by atoms with Crippen LogP contribution in [0.2, 0.25) is 0 Å². The second kappa shape index (κ2) is 18.5. The van der Waals surface area contributed by atoms with Gasteiger partial charge >= 0.3 is 5.97 Å². The molecule has 0 N–H and O–H groups in total. The summed E-state index contributed by atoms with van der Waals surface area (Å²) in [4.78, 5) is 10.9. The Hall–Kier alpha value is -0.790. The van der Waals surface area contributed by atoms with E-state index in [0.29, 0.717) is 12.5 Å². The van der Waals surface area contributed by atoms with Crippen LogP contribution in [0.1, 0.15) is 110 Å². The molecule has 24 heavy (non-hydrogen) atoms. The van der Waals surface area contributed by atoms with Gasteiger partial charge in [-0.3, -0.25) is 0 Å². The van der Waals surface area contributed by atoms with Crippen molar-refractivity contribution in [2.24, 2.45) is 5.92 Å². The molecule has 0 fully saturated rings. The summed E-state index contributed by atoms with van der Waals surface area (Å²) < 4.78 is 5.02. The van der Waals surface area contributed by atoms with E-state index in [2.05, 4.69) is 20.4 Å². The zero-order chi connectivity index (χ0) is 17.9. The Morgan fingerprint density at radius 3 is 1.75 bits per heavy atom. The highest BCUT2D eigenvalue weighted by Gasteiger charge is 2.03. The summed E-state index contributed by atoms with van der Waals surface area (Å²) in [5, 5.41) is 0. The topological polar surface area (TPSA) is 26.3 Å². The van der Waals surface area contributed by atoms with E-state index in [4.69, 9.17) is 4.74 Å². The third kappa shape index (κ3) is 17.6. The van der Waals surface area contributed by atoms with Crippen LogP contribution >= 0.6 is 0 Å². The molecule has 2 heteroatoms. The molecule has 2 nitrogen and oxygen atoms in total. The van der Waals surface area contributed by atoms with Gasteiger partial charge in [-0.05, 0) is 12.3 Å². The lowest BCUT2D eigenvalue weighted by Crippen LogP contribution is -2.06. The number of rotatable bonds is 18. The van der Waals surface area contributed by atoms with Gasteiger partial charge in [0.25, 0.3) is 0 Å². The summed E-state index contributed by atoms with van der Waals surface area (Å²) in [6.07, 6.45) is 21.7. The van der Waals surface area contributed by atoms with Gasteiger partial charge in [0.05, 0.1) is 6.61 Å². The number of carbonyl (C=O) groups excluding carboxylic acids is 1. The number of esters is 1. The monoisotopic (exact) mass is 338 g/mol. The molecule has 0 saturated carbocycles. The number of hydrogen-bond donors (Lipinski definition) is 0. The van der Waals surface area contributed by atoms with Crippen molar-refractivity contribution < 1.29 is 9.53 Å². The molecule has 0 radical (unpaired) electrons. The average Bonchev–Trinajstić information content (AvgIpc) is 2.58. The van der Waals surface area contributed by atoms with E-state index in [1.54, 1.807) is 0 Å². The van der Waals surface area contributed by atoms with E-state index < -0.39 is 0 Å². The predicted molar refractivity (Wildman–Crippen MR) is 105 cm³/mol. The van der Waals surface area contributed by atoms with Crippen molar-refractivity contribution in [3.05, 3.63) is 12.7 Å². The van der Waals surface area contributed by atoms with Crippen LogP contribution in [0.25, 0.3) is 0 Å². The molecule has 0 aliphatic carbocycles. The highest BCUT2D eigenvalue weighted by atomic mass is 16.5. The molecule has 0 heterocycles. The van der Waals surface area contributed by atoms with E-state index in [-0.39, 0.29) is 5.97 Å². The second-order valence-corrected chi connectivity index (χ2v) is 7.30. The van der Waals surface area contributed by atoms with Gasteiger partial charge in [-0.15, -0.1) is 0 Å². The fraction of sp³-hybridized carbons (Fsp3) is 0.864. The van der Waals surface area contributed by atoms with Gasteiger partial charge in [0.15, 0.2) is 0 Å². The smallest absolute Gasteiger partial charge is 0.330 e. The molecule has 142 valence electrons. The standard InChI is InChI=1S/C22H42O2/c1-4-6-7-8-9-10-11-12-13-14-15-16-17-18-21(3)19-20-24-22(23)5-2/h5,21H,2,4,6-20H2,1,3H3.